The van der Waals surface area contributed by atoms with Crippen LogP contribution in [-0.4, -0.2) is 37.6 Å². The first-order valence-corrected chi connectivity index (χ1v) is 5.26. The van der Waals surface area contributed by atoms with Crippen molar-refractivity contribution in [2.45, 2.75) is 38.3 Å². The maximum absolute atomic E-state index is 11.3. The predicted molar refractivity (Wildman–Crippen MR) is 55.3 cm³/mol. The Kier molecular flexibility index (Phi) is 4.71. The minimum atomic E-state index is -0.385. The second-order valence-electron chi connectivity index (χ2n) is 3.78. The summed E-state index contributed by atoms with van der Waals surface area (Å²) in [6.45, 7) is 2.63. The lowest BCUT2D eigenvalue weighted by molar-refractivity contribution is -0.125. The molecule has 1 aliphatic rings. The Hall–Kier alpha value is -0.940. The van der Waals surface area contributed by atoms with E-state index in [-0.39, 0.29) is 30.3 Å². The van der Waals surface area contributed by atoms with E-state index in [0.717, 1.165) is 12.8 Å². The van der Waals surface area contributed by atoms with Gasteiger partial charge in [0.25, 0.3) is 0 Å². The number of methoxy groups -OCH3 is 1. The van der Waals surface area contributed by atoms with Gasteiger partial charge in [0.15, 0.2) is 0 Å². The molecule has 0 bridgehead atoms. The van der Waals surface area contributed by atoms with Crippen LogP contribution in [0.1, 0.15) is 26.2 Å². The highest BCUT2D eigenvalue weighted by molar-refractivity contribution is 6.05. The molecule has 0 saturated carbocycles. The first-order chi connectivity index (χ1) is 7.17. The fraction of sp³-hybridized carbons (Fsp3) is 0.800. The van der Waals surface area contributed by atoms with Gasteiger partial charge in [-0.05, 0) is 6.42 Å². The van der Waals surface area contributed by atoms with Crippen molar-refractivity contribution in [3.8, 4) is 0 Å². The Balaban J connectivity index is 2.43. The smallest absolute Gasteiger partial charge is 0.244 e. The van der Waals surface area contributed by atoms with E-state index in [2.05, 4.69) is 17.6 Å². The van der Waals surface area contributed by atoms with Crippen molar-refractivity contribution in [1.82, 2.24) is 10.6 Å². The number of carbonyl (C=O) groups is 2. The van der Waals surface area contributed by atoms with E-state index in [9.17, 15) is 9.59 Å². The summed E-state index contributed by atoms with van der Waals surface area (Å²) in [5.74, 6) is -0.428. The van der Waals surface area contributed by atoms with Crippen molar-refractivity contribution in [2.24, 2.45) is 0 Å². The summed E-state index contributed by atoms with van der Waals surface area (Å²) in [6, 6.07) is -0.245. The Bertz CT molecular complexity index is 237. The van der Waals surface area contributed by atoms with Crippen LogP contribution in [0.15, 0.2) is 0 Å². The first kappa shape index (κ1) is 12.1. The van der Waals surface area contributed by atoms with Gasteiger partial charge in [0.2, 0.25) is 11.8 Å². The normalized spacial score (nSPS) is 22.9. The Morgan fingerprint density at radius 3 is 2.80 bits per heavy atom. The molecular formula is C10H18N2O3. The first-order valence-electron chi connectivity index (χ1n) is 5.26. The van der Waals surface area contributed by atoms with Crippen LogP contribution in [0.3, 0.4) is 0 Å². The summed E-state index contributed by atoms with van der Waals surface area (Å²) in [5, 5.41) is 5.42. The fourth-order valence-electron chi connectivity index (χ4n) is 1.74. The molecule has 5 heteroatoms. The van der Waals surface area contributed by atoms with Crippen LogP contribution >= 0.6 is 0 Å². The average molecular weight is 214 g/mol. The van der Waals surface area contributed by atoms with Crippen molar-refractivity contribution < 1.29 is 14.3 Å². The summed E-state index contributed by atoms with van der Waals surface area (Å²) in [5.41, 5.74) is 0. The van der Waals surface area contributed by atoms with Crippen LogP contribution in [0.4, 0.5) is 0 Å². The quantitative estimate of drug-likeness (QED) is 0.601. The molecule has 2 atom stereocenters. The third-order valence-corrected chi connectivity index (χ3v) is 2.41. The molecule has 1 rings (SSSR count). The molecule has 0 aromatic rings. The van der Waals surface area contributed by atoms with Crippen molar-refractivity contribution in [1.29, 1.82) is 0 Å². The fourth-order valence-corrected chi connectivity index (χ4v) is 1.74. The van der Waals surface area contributed by atoms with Gasteiger partial charge in [-0.3, -0.25) is 14.9 Å². The third kappa shape index (κ3) is 3.60. The van der Waals surface area contributed by atoms with E-state index in [4.69, 9.17) is 4.74 Å². The lowest BCUT2D eigenvalue weighted by atomic mass is 10.1. The van der Waals surface area contributed by atoms with Gasteiger partial charge in [0.05, 0.1) is 19.1 Å². The molecule has 0 radical (unpaired) electrons. The molecule has 0 aliphatic carbocycles. The van der Waals surface area contributed by atoms with Crippen molar-refractivity contribution in [3.05, 3.63) is 0 Å². The highest BCUT2D eigenvalue weighted by Crippen LogP contribution is 2.05. The van der Waals surface area contributed by atoms with Crippen LogP contribution in [0.25, 0.3) is 0 Å². The summed E-state index contributed by atoms with van der Waals surface area (Å²) < 4.78 is 5.05. The molecule has 5 nitrogen and oxygen atoms in total. The van der Waals surface area contributed by atoms with Crippen molar-refractivity contribution in [3.63, 3.8) is 0 Å². The second kappa shape index (κ2) is 5.82. The molecule has 2 amide bonds. The van der Waals surface area contributed by atoms with E-state index in [1.807, 2.05) is 0 Å². The zero-order valence-electron chi connectivity index (χ0n) is 9.21. The molecule has 2 N–H and O–H groups in total. The summed E-state index contributed by atoms with van der Waals surface area (Å²) in [4.78, 5) is 22.3. The monoisotopic (exact) mass is 214 g/mol. The van der Waals surface area contributed by atoms with Gasteiger partial charge >= 0.3 is 0 Å². The van der Waals surface area contributed by atoms with E-state index in [0.29, 0.717) is 6.61 Å². The predicted octanol–water partition coefficient (Wildman–Crippen LogP) is -0.194. The van der Waals surface area contributed by atoms with E-state index in [1.165, 1.54) is 0 Å². The standard InChI is InChI=1S/C10H18N2O3/c1-3-4-7(6-15-2)11-8-5-9(13)12-10(8)14/h7-8,11H,3-6H2,1-2H3,(H,12,13,14). The summed E-state index contributed by atoms with van der Waals surface area (Å²) in [6.07, 6.45) is 2.19. The molecule has 1 heterocycles. The summed E-state index contributed by atoms with van der Waals surface area (Å²) in [7, 11) is 1.63. The number of hydrogen-bond donors (Lipinski definition) is 2. The molecule has 86 valence electrons. The SMILES string of the molecule is CCCC(COC)NC1CC(=O)NC1=O. The zero-order valence-corrected chi connectivity index (χ0v) is 9.21. The lowest BCUT2D eigenvalue weighted by Gasteiger charge is -2.19. The maximum atomic E-state index is 11.3. The van der Waals surface area contributed by atoms with Gasteiger partial charge in [-0.2, -0.15) is 0 Å². The van der Waals surface area contributed by atoms with E-state index < -0.39 is 0 Å². The number of hydrogen-bond acceptors (Lipinski definition) is 4. The molecule has 1 saturated heterocycles. The molecule has 15 heavy (non-hydrogen) atoms. The molecule has 1 fully saturated rings. The highest BCUT2D eigenvalue weighted by atomic mass is 16.5. The Morgan fingerprint density at radius 2 is 2.33 bits per heavy atom. The van der Waals surface area contributed by atoms with E-state index >= 15 is 0 Å². The topological polar surface area (TPSA) is 67.4 Å². The Morgan fingerprint density at radius 1 is 1.60 bits per heavy atom. The number of carbonyl (C=O) groups excluding carboxylic acids is 2. The van der Waals surface area contributed by atoms with Crippen LogP contribution in [0, 0.1) is 0 Å². The number of ether oxygens (including phenoxy) is 1. The lowest BCUT2D eigenvalue weighted by Crippen LogP contribution is -2.44. The molecule has 1 aliphatic heterocycles. The van der Waals surface area contributed by atoms with Gasteiger partial charge in [0, 0.05) is 13.2 Å². The molecule has 0 aromatic carbocycles. The van der Waals surface area contributed by atoms with Gasteiger partial charge in [-0.15, -0.1) is 0 Å². The third-order valence-electron chi connectivity index (χ3n) is 2.41. The van der Waals surface area contributed by atoms with Gasteiger partial charge in [-0.1, -0.05) is 13.3 Å². The van der Waals surface area contributed by atoms with E-state index in [1.54, 1.807) is 7.11 Å². The van der Waals surface area contributed by atoms with Crippen LogP contribution in [0.2, 0.25) is 0 Å². The Labute approximate surface area is 89.6 Å². The number of imide groups is 1. The van der Waals surface area contributed by atoms with Gasteiger partial charge in [0.1, 0.15) is 0 Å². The molecule has 0 aromatic heterocycles. The molecule has 2 unspecified atom stereocenters. The summed E-state index contributed by atoms with van der Waals surface area (Å²) >= 11 is 0. The van der Waals surface area contributed by atoms with Crippen LogP contribution in [0.5, 0.6) is 0 Å². The number of rotatable bonds is 6. The zero-order chi connectivity index (χ0) is 11.3. The van der Waals surface area contributed by atoms with Gasteiger partial charge in [-0.25, -0.2) is 0 Å². The van der Waals surface area contributed by atoms with Crippen molar-refractivity contribution >= 4 is 11.8 Å². The highest BCUT2D eigenvalue weighted by Gasteiger charge is 2.31. The van der Waals surface area contributed by atoms with Crippen LogP contribution in [-0.2, 0) is 14.3 Å². The minimum Gasteiger partial charge on any atom is -0.383 e. The largest absolute Gasteiger partial charge is 0.383 e. The number of amides is 2. The molecular weight excluding hydrogens is 196 g/mol. The average Bonchev–Trinajstić information content (AvgIpc) is 2.46. The number of nitrogens with one attached hydrogen (secondary N) is 2. The molecule has 0 spiro atoms. The van der Waals surface area contributed by atoms with Crippen molar-refractivity contribution in [2.75, 3.05) is 13.7 Å². The minimum absolute atomic E-state index is 0.140. The van der Waals surface area contributed by atoms with Gasteiger partial charge < -0.3 is 10.1 Å². The second-order valence-corrected chi connectivity index (χ2v) is 3.78. The van der Waals surface area contributed by atoms with Crippen LogP contribution < -0.4 is 10.6 Å². The maximum Gasteiger partial charge on any atom is 0.244 e.